The highest BCUT2D eigenvalue weighted by molar-refractivity contribution is 5.69. The predicted molar refractivity (Wildman–Crippen MR) is 79.1 cm³/mol. The van der Waals surface area contributed by atoms with Gasteiger partial charge in [-0.2, -0.15) is 5.10 Å². The number of nitrogens with one attached hydrogen (secondary N) is 1. The Morgan fingerprint density at radius 1 is 1.43 bits per heavy atom. The minimum atomic E-state index is -0.464. The summed E-state index contributed by atoms with van der Waals surface area (Å²) in [5.41, 5.74) is 1.80. The van der Waals surface area contributed by atoms with Gasteiger partial charge in [0.05, 0.1) is 18.3 Å². The molecule has 1 saturated heterocycles. The van der Waals surface area contributed by atoms with E-state index in [0.29, 0.717) is 12.6 Å². The molecule has 0 bridgehead atoms. The average Bonchev–Trinajstić information content (AvgIpc) is 2.64. The van der Waals surface area contributed by atoms with Crippen LogP contribution in [0.25, 0.3) is 0 Å². The third-order valence-corrected chi connectivity index (χ3v) is 4.02. The van der Waals surface area contributed by atoms with Gasteiger partial charge in [0.1, 0.15) is 5.60 Å². The van der Waals surface area contributed by atoms with Gasteiger partial charge in [-0.05, 0) is 39.7 Å². The van der Waals surface area contributed by atoms with Crippen molar-refractivity contribution in [2.24, 2.45) is 0 Å². The summed E-state index contributed by atoms with van der Waals surface area (Å²) in [4.78, 5) is 14.1. The first-order valence-corrected chi connectivity index (χ1v) is 7.61. The second-order valence-electron chi connectivity index (χ2n) is 7.05. The van der Waals surface area contributed by atoms with E-state index in [1.165, 1.54) is 5.56 Å². The first kappa shape index (κ1) is 14.4. The van der Waals surface area contributed by atoms with E-state index in [9.17, 15) is 4.79 Å². The predicted octanol–water partition coefficient (Wildman–Crippen LogP) is 1.71. The van der Waals surface area contributed by atoms with Gasteiger partial charge in [-0.3, -0.25) is 9.58 Å². The minimum absolute atomic E-state index is 0.143. The molecule has 116 valence electrons. The Balaban J connectivity index is 1.75. The number of carbonyl (C=O) groups is 1. The smallest absolute Gasteiger partial charge is 0.410 e. The fourth-order valence-electron chi connectivity index (χ4n) is 2.73. The highest BCUT2D eigenvalue weighted by Crippen LogP contribution is 2.25. The number of rotatable bonds is 1. The van der Waals surface area contributed by atoms with E-state index in [4.69, 9.17) is 4.74 Å². The summed E-state index contributed by atoms with van der Waals surface area (Å²) in [5.74, 6) is 0. The van der Waals surface area contributed by atoms with E-state index in [2.05, 4.69) is 23.5 Å². The lowest BCUT2D eigenvalue weighted by molar-refractivity contribution is 0.0135. The first-order chi connectivity index (χ1) is 9.83. The van der Waals surface area contributed by atoms with Crippen molar-refractivity contribution in [3.63, 3.8) is 0 Å². The first-order valence-electron chi connectivity index (χ1n) is 7.61. The van der Waals surface area contributed by atoms with Gasteiger partial charge in [-0.25, -0.2) is 4.79 Å². The molecule has 0 aliphatic carbocycles. The van der Waals surface area contributed by atoms with E-state index >= 15 is 0 Å². The zero-order chi connectivity index (χ0) is 15.2. The number of hydrogen-bond donors (Lipinski definition) is 1. The highest BCUT2D eigenvalue weighted by Gasteiger charge is 2.33. The Morgan fingerprint density at radius 3 is 2.71 bits per heavy atom. The summed E-state index contributed by atoms with van der Waals surface area (Å²) in [5, 5.41) is 7.92. The average molecular weight is 292 g/mol. The second kappa shape index (κ2) is 5.02. The maximum atomic E-state index is 12.3. The summed E-state index contributed by atoms with van der Waals surface area (Å²) >= 11 is 0. The van der Waals surface area contributed by atoms with Crippen molar-refractivity contribution in [3.8, 4) is 0 Å². The largest absolute Gasteiger partial charge is 0.444 e. The van der Waals surface area contributed by atoms with Gasteiger partial charge >= 0.3 is 6.09 Å². The summed E-state index contributed by atoms with van der Waals surface area (Å²) in [6.45, 7) is 10.2. The normalized spacial score (nSPS) is 22.7. The summed E-state index contributed by atoms with van der Waals surface area (Å²) < 4.78 is 7.54. The Labute approximate surface area is 125 Å². The Kier molecular flexibility index (Phi) is 3.43. The maximum absolute atomic E-state index is 12.3. The number of nitrogens with zero attached hydrogens (tertiary/aromatic N) is 3. The van der Waals surface area contributed by atoms with Gasteiger partial charge in [-0.15, -0.1) is 0 Å². The van der Waals surface area contributed by atoms with Crippen molar-refractivity contribution in [2.75, 3.05) is 13.1 Å². The number of amides is 1. The second-order valence-corrected chi connectivity index (χ2v) is 7.05. The van der Waals surface area contributed by atoms with Crippen LogP contribution in [0, 0.1) is 0 Å². The van der Waals surface area contributed by atoms with Crippen LogP contribution in [0.4, 0.5) is 4.79 Å². The number of ether oxygens (including phenoxy) is 1. The number of carbonyl (C=O) groups excluding carboxylic acids is 1. The molecule has 1 N–H and O–H groups in total. The molecule has 21 heavy (non-hydrogen) atoms. The van der Waals surface area contributed by atoms with E-state index < -0.39 is 5.60 Å². The lowest BCUT2D eigenvalue weighted by atomic mass is 10.0. The fourth-order valence-corrected chi connectivity index (χ4v) is 2.73. The third-order valence-electron chi connectivity index (χ3n) is 4.02. The van der Waals surface area contributed by atoms with Gasteiger partial charge in [0.15, 0.2) is 0 Å². The molecule has 1 amide bonds. The molecule has 1 atom stereocenters. The number of hydrogen-bond acceptors (Lipinski definition) is 4. The van der Waals surface area contributed by atoms with E-state index in [1.807, 2.05) is 25.5 Å². The Bertz CT molecular complexity index is 542. The van der Waals surface area contributed by atoms with Crippen LogP contribution in [0.2, 0.25) is 0 Å². The Hall–Kier alpha value is -1.56. The molecule has 3 heterocycles. The molecule has 1 aromatic heterocycles. The Morgan fingerprint density at radius 2 is 2.14 bits per heavy atom. The molecule has 0 saturated carbocycles. The molecule has 2 aliphatic heterocycles. The monoisotopic (exact) mass is 292 g/mol. The molecule has 2 aliphatic rings. The van der Waals surface area contributed by atoms with Crippen molar-refractivity contribution in [1.82, 2.24) is 20.0 Å². The van der Waals surface area contributed by atoms with Crippen molar-refractivity contribution in [1.29, 1.82) is 0 Å². The van der Waals surface area contributed by atoms with Crippen LogP contribution in [-0.2, 0) is 17.7 Å². The van der Waals surface area contributed by atoms with Crippen LogP contribution < -0.4 is 5.32 Å². The van der Waals surface area contributed by atoms with Gasteiger partial charge in [0, 0.05) is 25.3 Å². The highest BCUT2D eigenvalue weighted by atomic mass is 16.6. The van der Waals surface area contributed by atoms with Crippen LogP contribution in [0.5, 0.6) is 0 Å². The molecule has 0 unspecified atom stereocenters. The van der Waals surface area contributed by atoms with Gasteiger partial charge in [0.2, 0.25) is 0 Å². The lowest BCUT2D eigenvalue weighted by Gasteiger charge is -2.34. The minimum Gasteiger partial charge on any atom is -0.444 e. The van der Waals surface area contributed by atoms with Crippen molar-refractivity contribution >= 4 is 6.09 Å². The fraction of sp³-hybridized carbons (Fsp3) is 0.733. The standard InChI is InChI=1S/C15H24N4O2/c1-10-5-11-8-19(12-6-16-7-12)17-13(11)9-18(10)14(20)21-15(2,3)4/h8,10,12,16H,5-7,9H2,1-4H3/t10-/m0/s1. The molecule has 1 aromatic rings. The molecular formula is C15H24N4O2. The van der Waals surface area contributed by atoms with Crippen LogP contribution in [-0.4, -0.2) is 45.5 Å². The zero-order valence-corrected chi connectivity index (χ0v) is 13.2. The van der Waals surface area contributed by atoms with Crippen LogP contribution in [0.1, 0.15) is 45.0 Å². The van der Waals surface area contributed by atoms with Gasteiger partial charge < -0.3 is 10.1 Å². The molecule has 0 radical (unpaired) electrons. The molecular weight excluding hydrogens is 268 g/mol. The summed E-state index contributed by atoms with van der Waals surface area (Å²) in [6, 6.07) is 0.602. The molecule has 0 aromatic carbocycles. The van der Waals surface area contributed by atoms with Gasteiger partial charge in [0.25, 0.3) is 0 Å². The third kappa shape index (κ3) is 2.90. The lowest BCUT2D eigenvalue weighted by Crippen LogP contribution is -2.45. The quantitative estimate of drug-likeness (QED) is 0.856. The van der Waals surface area contributed by atoms with Crippen molar-refractivity contribution in [2.45, 2.75) is 58.3 Å². The summed E-state index contributed by atoms with van der Waals surface area (Å²) in [7, 11) is 0. The SMILES string of the molecule is C[C@H]1Cc2cn(C3CNC3)nc2CN1C(=O)OC(C)(C)C. The molecule has 6 heteroatoms. The van der Waals surface area contributed by atoms with E-state index in [1.54, 1.807) is 4.90 Å². The number of fused-ring (bicyclic) bond motifs is 1. The topological polar surface area (TPSA) is 59.4 Å². The molecule has 1 fully saturated rings. The van der Waals surface area contributed by atoms with Crippen LogP contribution in [0.3, 0.4) is 0 Å². The molecule has 3 rings (SSSR count). The zero-order valence-electron chi connectivity index (χ0n) is 13.2. The summed E-state index contributed by atoms with van der Waals surface area (Å²) in [6.07, 6.45) is 2.74. The number of aromatic nitrogens is 2. The van der Waals surface area contributed by atoms with Crippen molar-refractivity contribution in [3.05, 3.63) is 17.5 Å². The molecule has 0 spiro atoms. The van der Waals surface area contributed by atoms with Crippen molar-refractivity contribution < 1.29 is 9.53 Å². The van der Waals surface area contributed by atoms with Crippen LogP contribution in [0.15, 0.2) is 6.20 Å². The van der Waals surface area contributed by atoms with E-state index in [0.717, 1.165) is 25.2 Å². The molecule has 6 nitrogen and oxygen atoms in total. The van der Waals surface area contributed by atoms with Gasteiger partial charge in [-0.1, -0.05) is 0 Å². The maximum Gasteiger partial charge on any atom is 0.410 e. The van der Waals surface area contributed by atoms with E-state index in [-0.39, 0.29) is 12.1 Å². The van der Waals surface area contributed by atoms with Crippen LogP contribution >= 0.6 is 0 Å².